The van der Waals surface area contributed by atoms with E-state index in [1.54, 1.807) is 36.4 Å². The van der Waals surface area contributed by atoms with Crippen molar-refractivity contribution in [2.24, 2.45) is 0 Å². The molecule has 0 heterocycles. The molecule has 1 aliphatic rings. The number of rotatable bonds is 8. The second-order valence-electron chi connectivity index (χ2n) is 8.75. The highest BCUT2D eigenvalue weighted by Crippen LogP contribution is 2.30. The number of phenols is 1. The Hall–Kier alpha value is -3.42. The molecule has 0 unspecified atom stereocenters. The second kappa shape index (κ2) is 10.7. The third-order valence-electron chi connectivity index (χ3n) is 6.14. The summed E-state index contributed by atoms with van der Waals surface area (Å²) in [5.41, 5.74) is 1.86. The summed E-state index contributed by atoms with van der Waals surface area (Å²) in [6.45, 7) is 0.583. The Morgan fingerprint density at radius 3 is 2.50 bits per heavy atom. The minimum atomic E-state index is -0.893. The van der Waals surface area contributed by atoms with Gasteiger partial charge in [-0.05, 0) is 42.4 Å². The molecule has 3 aromatic rings. The summed E-state index contributed by atoms with van der Waals surface area (Å²) in [6.07, 6.45) is -0.972. The number of carbonyl (C=O) groups excluding carboxylic acids is 1. The van der Waals surface area contributed by atoms with Crippen molar-refractivity contribution in [2.45, 2.75) is 43.7 Å². The first kappa shape index (κ1) is 23.7. The molecule has 0 spiro atoms. The Morgan fingerprint density at radius 2 is 1.79 bits per heavy atom. The van der Waals surface area contributed by atoms with Crippen LogP contribution in [-0.2, 0) is 17.8 Å². The number of nitrogens with one attached hydrogen (secondary N) is 1. The van der Waals surface area contributed by atoms with E-state index in [0.717, 1.165) is 11.1 Å². The van der Waals surface area contributed by atoms with Crippen molar-refractivity contribution in [3.63, 3.8) is 0 Å². The Labute approximate surface area is 198 Å². The molecule has 1 saturated carbocycles. The van der Waals surface area contributed by atoms with E-state index in [2.05, 4.69) is 5.32 Å². The summed E-state index contributed by atoms with van der Waals surface area (Å²) >= 11 is 0. The molecule has 178 valence electrons. The molecule has 4 atom stereocenters. The summed E-state index contributed by atoms with van der Waals surface area (Å²) in [7, 11) is 1.91. The van der Waals surface area contributed by atoms with Crippen molar-refractivity contribution < 1.29 is 24.1 Å². The van der Waals surface area contributed by atoms with Crippen molar-refractivity contribution in [3.8, 4) is 11.5 Å². The van der Waals surface area contributed by atoms with Gasteiger partial charge in [-0.3, -0.25) is 9.69 Å². The van der Waals surface area contributed by atoms with Crippen molar-refractivity contribution >= 4 is 5.91 Å². The first-order valence-corrected chi connectivity index (χ1v) is 11.3. The number of aliphatic hydroxyl groups excluding tert-OH is 1. The normalized spacial score (nSPS) is 22.0. The van der Waals surface area contributed by atoms with Crippen LogP contribution >= 0.6 is 0 Å². The van der Waals surface area contributed by atoms with E-state index in [1.807, 2.05) is 42.3 Å². The molecule has 0 aliphatic heterocycles. The molecule has 1 aliphatic carbocycles. The maximum atomic E-state index is 13.6. The smallest absolute Gasteiger partial charge is 0.224 e. The minimum absolute atomic E-state index is 0.142. The molecule has 0 radical (unpaired) electrons. The number of carbonyl (C=O) groups is 1. The third-order valence-corrected chi connectivity index (χ3v) is 6.14. The standard InChI is InChI=1S/C27H29FN2O4/c1-30(17-19-6-3-2-4-7-19)26-23(29-25(32)14-18-10-12-21(31)13-11-18)16-24(27(26)33)34-22-9-5-8-20(28)15-22/h2-13,15,23-24,26-27,31,33H,14,16-17H2,1H3,(H,29,32)/t23-,24-,26+,27+/m1/s1. The lowest BCUT2D eigenvalue weighted by molar-refractivity contribution is -0.121. The number of aromatic hydroxyl groups is 1. The van der Waals surface area contributed by atoms with Gasteiger partial charge in [0.25, 0.3) is 0 Å². The second-order valence-corrected chi connectivity index (χ2v) is 8.75. The lowest BCUT2D eigenvalue weighted by Gasteiger charge is -2.32. The van der Waals surface area contributed by atoms with E-state index >= 15 is 0 Å². The van der Waals surface area contributed by atoms with Crippen molar-refractivity contribution in [3.05, 3.63) is 95.8 Å². The van der Waals surface area contributed by atoms with Crippen LogP contribution in [0.3, 0.4) is 0 Å². The van der Waals surface area contributed by atoms with Gasteiger partial charge in [0.15, 0.2) is 0 Å². The molecule has 6 nitrogen and oxygen atoms in total. The van der Waals surface area contributed by atoms with E-state index < -0.39 is 24.1 Å². The molecule has 0 aromatic heterocycles. The number of aliphatic hydroxyl groups is 1. The van der Waals surface area contributed by atoms with E-state index in [0.29, 0.717) is 18.7 Å². The van der Waals surface area contributed by atoms with Crippen LogP contribution in [0, 0.1) is 5.82 Å². The van der Waals surface area contributed by atoms with Crippen molar-refractivity contribution in [1.29, 1.82) is 0 Å². The van der Waals surface area contributed by atoms with Gasteiger partial charge in [0.05, 0.1) is 18.5 Å². The van der Waals surface area contributed by atoms with Crippen LogP contribution in [0.5, 0.6) is 11.5 Å². The molecule has 1 amide bonds. The highest BCUT2D eigenvalue weighted by molar-refractivity contribution is 5.79. The van der Waals surface area contributed by atoms with Crippen LogP contribution in [0.2, 0.25) is 0 Å². The molecule has 0 saturated heterocycles. The molecule has 34 heavy (non-hydrogen) atoms. The zero-order chi connectivity index (χ0) is 24.1. The number of ether oxygens (including phenoxy) is 1. The van der Waals surface area contributed by atoms with Crippen LogP contribution in [-0.4, -0.2) is 52.4 Å². The van der Waals surface area contributed by atoms with Crippen molar-refractivity contribution in [1.82, 2.24) is 10.2 Å². The summed E-state index contributed by atoms with van der Waals surface area (Å²) in [5.74, 6) is -0.124. The van der Waals surface area contributed by atoms with Crippen molar-refractivity contribution in [2.75, 3.05) is 7.05 Å². The molecule has 0 bridgehead atoms. The monoisotopic (exact) mass is 464 g/mol. The maximum absolute atomic E-state index is 13.6. The summed E-state index contributed by atoms with van der Waals surface area (Å²) in [5, 5.41) is 23.7. The fourth-order valence-corrected chi connectivity index (χ4v) is 4.57. The fraction of sp³-hybridized carbons (Fsp3) is 0.296. The number of likely N-dealkylation sites (N-methyl/N-ethyl adjacent to an activating group) is 1. The van der Waals surface area contributed by atoms with Crippen LogP contribution in [0.25, 0.3) is 0 Å². The molecule has 3 aromatic carbocycles. The van der Waals surface area contributed by atoms with Gasteiger partial charge in [-0.15, -0.1) is 0 Å². The molecule has 1 fully saturated rings. The van der Waals surface area contributed by atoms with Gasteiger partial charge >= 0.3 is 0 Å². The average Bonchev–Trinajstić information content (AvgIpc) is 3.10. The quantitative estimate of drug-likeness (QED) is 0.477. The zero-order valence-corrected chi connectivity index (χ0v) is 19.0. The Balaban J connectivity index is 1.50. The highest BCUT2D eigenvalue weighted by Gasteiger charge is 2.46. The number of amides is 1. The summed E-state index contributed by atoms with van der Waals surface area (Å²) in [6, 6.07) is 21.4. The third kappa shape index (κ3) is 5.92. The lowest BCUT2D eigenvalue weighted by Crippen LogP contribution is -2.52. The molecule has 4 rings (SSSR count). The van der Waals surface area contributed by atoms with E-state index in [9.17, 15) is 19.4 Å². The number of hydrogen-bond acceptors (Lipinski definition) is 5. The molecule has 7 heteroatoms. The largest absolute Gasteiger partial charge is 0.508 e. The number of halogens is 1. The SMILES string of the molecule is CN(Cc1ccccc1)[C@@H]1[C@@H](O)[C@H](Oc2cccc(F)c2)C[C@H]1NC(=O)Cc1ccc(O)cc1. The van der Waals surface area contributed by atoms with E-state index in [-0.39, 0.29) is 24.1 Å². The summed E-state index contributed by atoms with van der Waals surface area (Å²) < 4.78 is 19.6. The van der Waals surface area contributed by atoms with E-state index in [1.165, 1.54) is 12.1 Å². The van der Waals surface area contributed by atoms with Gasteiger partial charge in [0.2, 0.25) is 5.91 Å². The van der Waals surface area contributed by atoms with Gasteiger partial charge < -0.3 is 20.3 Å². The molecular weight excluding hydrogens is 435 g/mol. The predicted molar refractivity (Wildman–Crippen MR) is 127 cm³/mol. The average molecular weight is 465 g/mol. The summed E-state index contributed by atoms with van der Waals surface area (Å²) in [4.78, 5) is 14.8. The van der Waals surface area contributed by atoms with Gasteiger partial charge in [0, 0.05) is 19.0 Å². The number of phenolic OH excluding ortho intramolecular Hbond substituents is 1. The molecular formula is C27H29FN2O4. The zero-order valence-electron chi connectivity index (χ0n) is 19.0. The van der Waals surface area contributed by atoms with Gasteiger partial charge in [-0.1, -0.05) is 48.5 Å². The Bertz CT molecular complexity index is 1090. The van der Waals surface area contributed by atoms with Gasteiger partial charge in [0.1, 0.15) is 29.5 Å². The lowest BCUT2D eigenvalue weighted by atomic mass is 10.1. The Kier molecular flexibility index (Phi) is 7.45. The van der Waals surface area contributed by atoms with Crippen LogP contribution in [0.15, 0.2) is 78.9 Å². The van der Waals surface area contributed by atoms with Crippen LogP contribution in [0.1, 0.15) is 17.5 Å². The number of hydrogen-bond donors (Lipinski definition) is 3. The van der Waals surface area contributed by atoms with Crippen LogP contribution < -0.4 is 10.1 Å². The highest BCUT2D eigenvalue weighted by atomic mass is 19.1. The first-order valence-electron chi connectivity index (χ1n) is 11.3. The number of nitrogens with zero attached hydrogens (tertiary/aromatic N) is 1. The van der Waals surface area contributed by atoms with Gasteiger partial charge in [-0.2, -0.15) is 0 Å². The predicted octanol–water partition coefficient (Wildman–Crippen LogP) is 3.27. The number of benzene rings is 3. The first-order chi connectivity index (χ1) is 16.4. The van der Waals surface area contributed by atoms with Crippen LogP contribution in [0.4, 0.5) is 4.39 Å². The fourth-order valence-electron chi connectivity index (χ4n) is 4.57. The minimum Gasteiger partial charge on any atom is -0.508 e. The maximum Gasteiger partial charge on any atom is 0.224 e. The van der Waals surface area contributed by atoms with Gasteiger partial charge in [-0.25, -0.2) is 4.39 Å². The van der Waals surface area contributed by atoms with E-state index in [4.69, 9.17) is 4.74 Å². The topological polar surface area (TPSA) is 82.0 Å². The molecule has 3 N–H and O–H groups in total. The Morgan fingerprint density at radius 1 is 1.06 bits per heavy atom.